The first-order valence-corrected chi connectivity index (χ1v) is 10.0. The molecule has 0 radical (unpaired) electrons. The van der Waals surface area contributed by atoms with E-state index in [0.29, 0.717) is 32.4 Å². The van der Waals surface area contributed by atoms with Crippen molar-refractivity contribution in [3.63, 3.8) is 0 Å². The Morgan fingerprint density at radius 1 is 1.20 bits per heavy atom. The normalized spacial score (nSPS) is 23.4. The van der Waals surface area contributed by atoms with E-state index in [1.165, 1.54) is 21.2 Å². The van der Waals surface area contributed by atoms with E-state index in [0.717, 1.165) is 0 Å². The van der Waals surface area contributed by atoms with Gasteiger partial charge in [-0.1, -0.05) is 0 Å². The Kier molecular flexibility index (Phi) is 6.39. The fraction of sp³-hybridized carbons (Fsp3) is 0.800. The topological polar surface area (TPSA) is 115 Å². The molecule has 2 aliphatic rings. The minimum absolute atomic E-state index is 0.0285. The Balaban J connectivity index is 1.80. The second-order valence-corrected chi connectivity index (χ2v) is 8.67. The highest BCUT2D eigenvalue weighted by atomic mass is 32.2. The lowest BCUT2D eigenvalue weighted by Gasteiger charge is -2.32. The third kappa shape index (κ3) is 5.15. The van der Waals surface area contributed by atoms with Gasteiger partial charge in [0.25, 0.3) is 0 Å². The molecule has 142 valence electrons. The molecule has 10 heteroatoms. The van der Waals surface area contributed by atoms with Crippen molar-refractivity contribution in [2.75, 3.05) is 45.5 Å². The van der Waals surface area contributed by atoms with Gasteiger partial charge in [-0.2, -0.15) is 0 Å². The molecule has 0 aromatic carbocycles. The average Bonchev–Trinajstić information content (AvgIpc) is 2.90. The summed E-state index contributed by atoms with van der Waals surface area (Å²) in [4.78, 5) is 38.2. The minimum atomic E-state index is -3.23. The molecule has 1 unspecified atom stereocenters. The number of amides is 2. The van der Waals surface area contributed by atoms with Crippen molar-refractivity contribution in [1.82, 2.24) is 14.1 Å². The highest BCUT2D eigenvalue weighted by molar-refractivity contribution is 7.89. The molecule has 2 saturated heterocycles. The summed E-state index contributed by atoms with van der Waals surface area (Å²) < 4.78 is 24.7. The van der Waals surface area contributed by atoms with Crippen LogP contribution in [0, 0.1) is 5.92 Å². The van der Waals surface area contributed by atoms with E-state index in [4.69, 9.17) is 5.11 Å². The molecule has 0 saturated carbocycles. The van der Waals surface area contributed by atoms with Crippen molar-refractivity contribution in [3.05, 3.63) is 0 Å². The van der Waals surface area contributed by atoms with Crippen molar-refractivity contribution in [2.45, 2.75) is 25.7 Å². The summed E-state index contributed by atoms with van der Waals surface area (Å²) >= 11 is 0. The number of carboxylic acid groups (broad SMARTS) is 1. The molecule has 1 atom stereocenters. The number of hydrogen-bond donors (Lipinski definition) is 1. The molecule has 2 rings (SSSR count). The van der Waals surface area contributed by atoms with Crippen molar-refractivity contribution in [3.8, 4) is 0 Å². The van der Waals surface area contributed by atoms with Crippen LogP contribution in [0.3, 0.4) is 0 Å². The van der Waals surface area contributed by atoms with E-state index in [1.807, 2.05) is 0 Å². The number of likely N-dealkylation sites (N-methyl/N-ethyl adjacent to an activating group) is 1. The standard InChI is InChI=1S/C15H25N3O6S/c1-16(13(19)5-8-18-7-3-9-25(18,23)24)11-14(20)17-6-2-4-12(10-17)15(21)22/h12H,2-11H2,1H3,(H,21,22). The number of hydrogen-bond acceptors (Lipinski definition) is 5. The SMILES string of the molecule is CN(CC(=O)N1CCCC(C(=O)O)C1)C(=O)CCN1CCCS1(=O)=O. The van der Waals surface area contributed by atoms with E-state index in [1.54, 1.807) is 0 Å². The zero-order chi connectivity index (χ0) is 18.6. The molecule has 2 amide bonds. The lowest BCUT2D eigenvalue weighted by Crippen LogP contribution is -2.47. The Morgan fingerprint density at radius 2 is 1.92 bits per heavy atom. The van der Waals surface area contributed by atoms with Crippen molar-refractivity contribution in [2.24, 2.45) is 5.92 Å². The maximum atomic E-state index is 12.3. The second kappa shape index (κ2) is 8.13. The van der Waals surface area contributed by atoms with Crippen LogP contribution in [0.2, 0.25) is 0 Å². The number of aliphatic carboxylic acids is 1. The second-order valence-electron chi connectivity index (χ2n) is 6.59. The van der Waals surface area contributed by atoms with Crippen LogP contribution in [-0.2, 0) is 24.4 Å². The molecule has 0 aromatic rings. The number of carbonyl (C=O) groups is 3. The van der Waals surface area contributed by atoms with E-state index in [9.17, 15) is 22.8 Å². The van der Waals surface area contributed by atoms with Gasteiger partial charge in [0.2, 0.25) is 21.8 Å². The highest BCUT2D eigenvalue weighted by Crippen LogP contribution is 2.17. The monoisotopic (exact) mass is 375 g/mol. The van der Waals surface area contributed by atoms with Crippen LogP contribution in [0.4, 0.5) is 0 Å². The molecule has 0 aromatic heterocycles. The summed E-state index contributed by atoms with van der Waals surface area (Å²) in [6, 6.07) is 0. The third-order valence-electron chi connectivity index (χ3n) is 4.70. The van der Waals surface area contributed by atoms with Crippen LogP contribution in [0.15, 0.2) is 0 Å². The van der Waals surface area contributed by atoms with Crippen LogP contribution in [0.1, 0.15) is 25.7 Å². The largest absolute Gasteiger partial charge is 0.481 e. The fourth-order valence-electron chi connectivity index (χ4n) is 3.15. The number of nitrogens with zero attached hydrogens (tertiary/aromatic N) is 3. The summed E-state index contributed by atoms with van der Waals surface area (Å²) in [7, 11) is -1.73. The summed E-state index contributed by atoms with van der Waals surface area (Å²) in [6.45, 7) is 1.10. The first-order chi connectivity index (χ1) is 11.7. The number of sulfonamides is 1. The quantitative estimate of drug-likeness (QED) is 0.649. The van der Waals surface area contributed by atoms with Gasteiger partial charge in [-0.3, -0.25) is 14.4 Å². The van der Waals surface area contributed by atoms with Gasteiger partial charge < -0.3 is 14.9 Å². The van der Waals surface area contributed by atoms with Gasteiger partial charge in [0, 0.05) is 39.6 Å². The minimum Gasteiger partial charge on any atom is -0.481 e. The van der Waals surface area contributed by atoms with Gasteiger partial charge in [0.05, 0.1) is 18.2 Å². The maximum absolute atomic E-state index is 12.3. The predicted molar refractivity (Wildman–Crippen MR) is 89.2 cm³/mol. The van der Waals surface area contributed by atoms with E-state index in [2.05, 4.69) is 0 Å². The predicted octanol–water partition coefficient (Wildman–Crippen LogP) is -0.806. The Labute approximate surface area is 147 Å². The molecule has 9 nitrogen and oxygen atoms in total. The zero-order valence-electron chi connectivity index (χ0n) is 14.4. The summed E-state index contributed by atoms with van der Waals surface area (Å²) in [6.07, 6.45) is 1.79. The van der Waals surface area contributed by atoms with Crippen LogP contribution in [-0.4, -0.2) is 90.9 Å². The van der Waals surface area contributed by atoms with Crippen molar-refractivity contribution < 1.29 is 27.9 Å². The van der Waals surface area contributed by atoms with E-state index < -0.39 is 21.9 Å². The molecule has 2 heterocycles. The van der Waals surface area contributed by atoms with Gasteiger partial charge in [-0.05, 0) is 19.3 Å². The average molecular weight is 375 g/mol. The van der Waals surface area contributed by atoms with Gasteiger partial charge in [0.1, 0.15) is 0 Å². The Morgan fingerprint density at radius 3 is 2.52 bits per heavy atom. The highest BCUT2D eigenvalue weighted by Gasteiger charge is 2.30. The van der Waals surface area contributed by atoms with Crippen LogP contribution in [0.25, 0.3) is 0 Å². The smallest absolute Gasteiger partial charge is 0.308 e. The first kappa shape index (κ1) is 19.6. The maximum Gasteiger partial charge on any atom is 0.308 e. The Bertz CT molecular complexity index is 635. The molecule has 2 aliphatic heterocycles. The lowest BCUT2D eigenvalue weighted by molar-refractivity contribution is -0.147. The number of carboxylic acids is 1. The fourth-order valence-corrected chi connectivity index (χ4v) is 4.68. The molecule has 0 aliphatic carbocycles. The van der Waals surface area contributed by atoms with Crippen LogP contribution in [0.5, 0.6) is 0 Å². The van der Waals surface area contributed by atoms with Gasteiger partial charge in [-0.15, -0.1) is 0 Å². The van der Waals surface area contributed by atoms with Gasteiger partial charge in [0.15, 0.2) is 0 Å². The zero-order valence-corrected chi connectivity index (χ0v) is 15.2. The van der Waals surface area contributed by atoms with Crippen molar-refractivity contribution >= 4 is 27.8 Å². The van der Waals surface area contributed by atoms with Gasteiger partial charge >= 0.3 is 5.97 Å². The molecule has 0 spiro atoms. The van der Waals surface area contributed by atoms with Crippen LogP contribution < -0.4 is 0 Å². The summed E-state index contributed by atoms with van der Waals surface area (Å²) in [5.41, 5.74) is 0. The van der Waals surface area contributed by atoms with Crippen molar-refractivity contribution in [1.29, 1.82) is 0 Å². The number of rotatable bonds is 6. The molecule has 1 N–H and O–H groups in total. The molecular formula is C15H25N3O6S. The number of likely N-dealkylation sites (tertiary alicyclic amines) is 1. The Hall–Kier alpha value is -1.68. The first-order valence-electron chi connectivity index (χ1n) is 8.43. The third-order valence-corrected chi connectivity index (χ3v) is 6.66. The van der Waals surface area contributed by atoms with Crippen LogP contribution >= 0.6 is 0 Å². The molecule has 25 heavy (non-hydrogen) atoms. The van der Waals surface area contributed by atoms with E-state index in [-0.39, 0.29) is 43.6 Å². The summed E-state index contributed by atoms with van der Waals surface area (Å²) in [5, 5.41) is 9.07. The molecule has 0 bridgehead atoms. The van der Waals surface area contributed by atoms with Gasteiger partial charge in [-0.25, -0.2) is 12.7 Å². The van der Waals surface area contributed by atoms with E-state index >= 15 is 0 Å². The lowest BCUT2D eigenvalue weighted by atomic mass is 9.98. The summed E-state index contributed by atoms with van der Waals surface area (Å²) in [5.74, 6) is -1.93. The number of piperidine rings is 1. The molecule has 2 fully saturated rings. The number of carbonyl (C=O) groups excluding carboxylic acids is 2. The molecular weight excluding hydrogens is 350 g/mol.